The Labute approximate surface area is 200 Å². The number of rotatable bonds is 2. The second-order valence-electron chi connectivity index (χ2n) is 10.1. The van der Waals surface area contributed by atoms with E-state index in [1.807, 2.05) is 0 Å². The summed E-state index contributed by atoms with van der Waals surface area (Å²) in [6, 6.07) is 22.9. The second-order valence-corrected chi connectivity index (χ2v) is 10.1. The van der Waals surface area contributed by atoms with Gasteiger partial charge in [-0.15, -0.1) is 0 Å². The highest BCUT2D eigenvalue weighted by Gasteiger charge is 2.27. The minimum absolute atomic E-state index is 1.04. The van der Waals surface area contributed by atoms with Crippen molar-refractivity contribution in [3.05, 3.63) is 102 Å². The van der Waals surface area contributed by atoms with E-state index >= 15 is 0 Å². The molecule has 0 aromatic heterocycles. The fourth-order valence-electron chi connectivity index (χ4n) is 6.08. The van der Waals surface area contributed by atoms with Crippen LogP contribution in [0, 0.1) is 6.92 Å². The Balaban J connectivity index is 1.35. The van der Waals surface area contributed by atoms with Crippen LogP contribution in [0.25, 0.3) is 55.6 Å². The molecule has 0 saturated carbocycles. The zero-order valence-corrected chi connectivity index (χ0v) is 19.6. The molecule has 0 radical (unpaired) electrons. The highest BCUT2D eigenvalue weighted by Crippen LogP contribution is 2.44. The van der Waals surface area contributed by atoms with Gasteiger partial charge in [-0.3, -0.25) is 0 Å². The average Bonchev–Trinajstić information content (AvgIpc) is 2.84. The Bertz CT molecular complexity index is 1590. The van der Waals surface area contributed by atoms with Gasteiger partial charge in [0.15, 0.2) is 0 Å². The molecule has 2 aliphatic rings. The second kappa shape index (κ2) is 7.08. The Morgan fingerprint density at radius 3 is 1.59 bits per heavy atom. The van der Waals surface area contributed by atoms with Gasteiger partial charge in [0, 0.05) is 24.2 Å². The van der Waals surface area contributed by atoms with Crippen LogP contribution in [-0.4, -0.2) is 13.1 Å². The van der Waals surface area contributed by atoms with Gasteiger partial charge in [0.1, 0.15) is 0 Å². The summed E-state index contributed by atoms with van der Waals surface area (Å²) in [7, 11) is 0. The van der Waals surface area contributed by atoms with Crippen molar-refractivity contribution in [1.29, 1.82) is 0 Å². The van der Waals surface area contributed by atoms with Gasteiger partial charge in [-0.2, -0.15) is 0 Å². The number of benzene rings is 5. The van der Waals surface area contributed by atoms with Crippen molar-refractivity contribution in [3.8, 4) is 0 Å². The standard InChI is InChI=1S/C33H27N/c1-20-14-25-6-8-27-16-23(17-28-9-7-26(15-20)31(25)32(27)28)4-5-24-18-29-21(2)10-12-34-13-11-22(3)30(19-24)33(29)34/h4-9,14-19H,2-3,10-13H2,1H3. The van der Waals surface area contributed by atoms with Crippen LogP contribution in [0.2, 0.25) is 0 Å². The Hall–Kier alpha value is -3.84. The van der Waals surface area contributed by atoms with E-state index in [4.69, 9.17) is 0 Å². The molecule has 34 heavy (non-hydrogen) atoms. The Morgan fingerprint density at radius 2 is 1.09 bits per heavy atom. The van der Waals surface area contributed by atoms with E-state index in [2.05, 4.69) is 97.8 Å². The first-order chi connectivity index (χ1) is 16.5. The Kier molecular flexibility index (Phi) is 4.08. The van der Waals surface area contributed by atoms with Gasteiger partial charge in [-0.1, -0.05) is 61.7 Å². The molecule has 2 heterocycles. The summed E-state index contributed by atoms with van der Waals surface area (Å²) >= 11 is 0. The van der Waals surface area contributed by atoms with Crippen molar-refractivity contribution in [1.82, 2.24) is 0 Å². The Morgan fingerprint density at radius 1 is 0.647 bits per heavy atom. The first-order valence-corrected chi connectivity index (χ1v) is 12.2. The molecule has 5 aromatic rings. The van der Waals surface area contributed by atoms with Gasteiger partial charge in [0.05, 0.1) is 5.69 Å². The normalized spacial score (nSPS) is 15.9. The third kappa shape index (κ3) is 2.86. The topological polar surface area (TPSA) is 3.24 Å². The zero-order chi connectivity index (χ0) is 23.0. The maximum atomic E-state index is 4.38. The summed E-state index contributed by atoms with van der Waals surface area (Å²) in [6.45, 7) is 13.1. The zero-order valence-electron chi connectivity index (χ0n) is 19.6. The maximum absolute atomic E-state index is 4.38. The fourth-order valence-corrected chi connectivity index (χ4v) is 6.08. The molecule has 0 bridgehead atoms. The maximum Gasteiger partial charge on any atom is 0.0519 e. The lowest BCUT2D eigenvalue weighted by molar-refractivity contribution is 0.766. The molecule has 5 aromatic carbocycles. The molecule has 0 atom stereocenters. The molecule has 2 aliphatic heterocycles. The van der Waals surface area contributed by atoms with Crippen molar-refractivity contribution in [2.45, 2.75) is 19.8 Å². The molecule has 0 saturated heterocycles. The predicted molar refractivity (Wildman–Crippen MR) is 150 cm³/mol. The largest absolute Gasteiger partial charge is 0.370 e. The minimum atomic E-state index is 1.04. The summed E-state index contributed by atoms with van der Waals surface area (Å²) in [5.74, 6) is 0. The minimum Gasteiger partial charge on any atom is -0.370 e. The van der Waals surface area contributed by atoms with Crippen LogP contribution >= 0.6 is 0 Å². The number of hydrogen-bond donors (Lipinski definition) is 0. The third-order valence-corrected chi connectivity index (χ3v) is 7.75. The van der Waals surface area contributed by atoms with Gasteiger partial charge in [-0.05, 0) is 104 Å². The first kappa shape index (κ1) is 19.6. The van der Waals surface area contributed by atoms with Gasteiger partial charge in [-0.25, -0.2) is 0 Å². The summed E-state index contributed by atoms with van der Waals surface area (Å²) in [4.78, 5) is 2.52. The molecule has 0 N–H and O–H groups in total. The quantitative estimate of drug-likeness (QED) is 0.197. The summed E-state index contributed by atoms with van der Waals surface area (Å²) in [6.07, 6.45) is 6.59. The van der Waals surface area contributed by atoms with E-state index in [1.165, 1.54) is 77.0 Å². The fraction of sp³-hybridized carbons (Fsp3) is 0.152. The molecule has 164 valence electrons. The number of hydrogen-bond acceptors (Lipinski definition) is 1. The smallest absolute Gasteiger partial charge is 0.0519 e. The van der Waals surface area contributed by atoms with Crippen molar-refractivity contribution in [2.75, 3.05) is 18.0 Å². The molecule has 7 rings (SSSR count). The highest BCUT2D eigenvalue weighted by molar-refractivity contribution is 6.23. The van der Waals surface area contributed by atoms with E-state index < -0.39 is 0 Å². The predicted octanol–water partition coefficient (Wildman–Crippen LogP) is 8.70. The molecular weight excluding hydrogens is 410 g/mol. The van der Waals surface area contributed by atoms with Crippen LogP contribution in [0.4, 0.5) is 5.69 Å². The number of nitrogens with zero attached hydrogens (tertiary/aromatic N) is 1. The van der Waals surface area contributed by atoms with E-state index in [1.54, 1.807) is 0 Å². The van der Waals surface area contributed by atoms with E-state index in [-0.39, 0.29) is 0 Å². The average molecular weight is 438 g/mol. The highest BCUT2D eigenvalue weighted by atomic mass is 15.1. The van der Waals surface area contributed by atoms with E-state index in [9.17, 15) is 0 Å². The molecule has 0 aliphatic carbocycles. The SMILES string of the molecule is C=C1CCN2CCC(=C)c3cc(C=Cc4cc5ccc6cc(C)cc7ccc(c4)c5c67)cc1c32. The summed E-state index contributed by atoms with van der Waals surface area (Å²) < 4.78 is 0. The van der Waals surface area contributed by atoms with Gasteiger partial charge < -0.3 is 4.90 Å². The van der Waals surface area contributed by atoms with Crippen molar-refractivity contribution in [3.63, 3.8) is 0 Å². The van der Waals surface area contributed by atoms with E-state index in [0.717, 1.165) is 25.9 Å². The number of aryl methyl sites for hydroxylation is 1. The molecule has 0 unspecified atom stereocenters. The van der Waals surface area contributed by atoms with Crippen LogP contribution in [0.1, 0.15) is 40.7 Å². The van der Waals surface area contributed by atoms with Crippen molar-refractivity contribution in [2.24, 2.45) is 0 Å². The molecule has 1 heteroatoms. The van der Waals surface area contributed by atoms with Gasteiger partial charge >= 0.3 is 0 Å². The van der Waals surface area contributed by atoms with Crippen molar-refractivity contribution < 1.29 is 0 Å². The molecule has 0 amide bonds. The van der Waals surface area contributed by atoms with Crippen LogP contribution in [0.15, 0.2) is 73.8 Å². The van der Waals surface area contributed by atoms with Crippen LogP contribution < -0.4 is 4.90 Å². The first-order valence-electron chi connectivity index (χ1n) is 12.2. The summed E-state index contributed by atoms with van der Waals surface area (Å²) in [5.41, 5.74) is 10.2. The lowest BCUT2D eigenvalue weighted by Crippen LogP contribution is -2.33. The van der Waals surface area contributed by atoms with Gasteiger partial charge in [0.2, 0.25) is 0 Å². The number of anilines is 1. The van der Waals surface area contributed by atoms with Gasteiger partial charge in [0.25, 0.3) is 0 Å². The molecule has 1 nitrogen and oxygen atoms in total. The lowest BCUT2D eigenvalue weighted by atomic mass is 9.86. The third-order valence-electron chi connectivity index (χ3n) is 7.75. The molecule has 0 spiro atoms. The lowest BCUT2D eigenvalue weighted by Gasteiger charge is -2.38. The van der Waals surface area contributed by atoms with Crippen LogP contribution in [-0.2, 0) is 0 Å². The summed E-state index contributed by atoms with van der Waals surface area (Å²) in [5, 5.41) is 8.02. The van der Waals surface area contributed by atoms with Crippen LogP contribution in [0.5, 0.6) is 0 Å². The monoisotopic (exact) mass is 437 g/mol. The van der Waals surface area contributed by atoms with Crippen LogP contribution in [0.3, 0.4) is 0 Å². The van der Waals surface area contributed by atoms with E-state index in [0.29, 0.717) is 0 Å². The van der Waals surface area contributed by atoms with Crippen molar-refractivity contribution >= 4 is 61.3 Å². The molecule has 0 fully saturated rings. The molecular formula is C33H27N.